The normalized spacial score (nSPS) is 16.0. The van der Waals surface area contributed by atoms with Crippen LogP contribution in [0.5, 0.6) is 0 Å². The molecule has 4 heteroatoms. The predicted octanol–water partition coefficient (Wildman–Crippen LogP) is 2.53. The maximum absolute atomic E-state index is 11.5. The van der Waals surface area contributed by atoms with Gasteiger partial charge in [0.1, 0.15) is 0 Å². The zero-order valence-corrected chi connectivity index (χ0v) is 11.4. The quantitative estimate of drug-likeness (QED) is 0.518. The molecule has 17 heavy (non-hydrogen) atoms. The third kappa shape index (κ3) is 7.31. The average molecular weight is 256 g/mol. The third-order valence-electron chi connectivity index (χ3n) is 3.43. The Balaban J connectivity index is 1.92. The molecule has 3 nitrogen and oxygen atoms in total. The fraction of sp³-hybridized carbons (Fsp3) is 0.846. The van der Waals surface area contributed by atoms with Gasteiger partial charge in [-0.15, -0.1) is 0 Å². The smallest absolute Gasteiger partial charge is 0.220 e. The fourth-order valence-electron chi connectivity index (χ4n) is 2.37. The van der Waals surface area contributed by atoms with E-state index in [0.717, 1.165) is 38.1 Å². The number of rotatable bonds is 8. The van der Waals surface area contributed by atoms with Gasteiger partial charge in [0.25, 0.3) is 0 Å². The van der Waals surface area contributed by atoms with Gasteiger partial charge in [-0.3, -0.25) is 4.79 Å². The lowest BCUT2D eigenvalue weighted by atomic mass is 10.0. The van der Waals surface area contributed by atoms with E-state index in [0.29, 0.717) is 11.4 Å². The van der Waals surface area contributed by atoms with Crippen molar-refractivity contribution in [2.24, 2.45) is 11.7 Å². The molecule has 1 aliphatic rings. The second kappa shape index (κ2) is 8.45. The summed E-state index contributed by atoms with van der Waals surface area (Å²) >= 11 is 4.79. The largest absolute Gasteiger partial charge is 0.393 e. The Kier molecular flexibility index (Phi) is 7.17. The van der Waals surface area contributed by atoms with Gasteiger partial charge in [-0.25, -0.2) is 0 Å². The Morgan fingerprint density at radius 3 is 2.59 bits per heavy atom. The van der Waals surface area contributed by atoms with Crippen LogP contribution in [-0.4, -0.2) is 17.4 Å². The molecule has 1 amide bonds. The molecule has 0 aromatic carbocycles. The fourth-order valence-corrected chi connectivity index (χ4v) is 2.52. The molecule has 0 saturated heterocycles. The van der Waals surface area contributed by atoms with Crippen molar-refractivity contribution in [1.29, 1.82) is 0 Å². The molecule has 1 fully saturated rings. The van der Waals surface area contributed by atoms with Crippen LogP contribution in [0.2, 0.25) is 0 Å². The Morgan fingerprint density at radius 1 is 1.24 bits per heavy atom. The number of hydrogen-bond donors (Lipinski definition) is 2. The average Bonchev–Trinajstić information content (AvgIpc) is 2.78. The zero-order chi connectivity index (χ0) is 12.5. The summed E-state index contributed by atoms with van der Waals surface area (Å²) in [7, 11) is 0. The predicted molar refractivity (Wildman–Crippen MR) is 74.8 cm³/mol. The summed E-state index contributed by atoms with van der Waals surface area (Å²) < 4.78 is 0. The van der Waals surface area contributed by atoms with Gasteiger partial charge in [0, 0.05) is 13.0 Å². The molecule has 98 valence electrons. The highest BCUT2D eigenvalue weighted by atomic mass is 32.1. The van der Waals surface area contributed by atoms with Crippen LogP contribution in [-0.2, 0) is 4.79 Å². The van der Waals surface area contributed by atoms with E-state index in [1.54, 1.807) is 0 Å². The molecule has 0 aromatic heterocycles. The number of amides is 1. The van der Waals surface area contributed by atoms with E-state index in [2.05, 4.69) is 5.32 Å². The summed E-state index contributed by atoms with van der Waals surface area (Å²) in [6.45, 7) is 0.756. The molecule has 0 aliphatic heterocycles. The van der Waals surface area contributed by atoms with E-state index in [1.807, 2.05) is 0 Å². The molecule has 0 unspecified atom stereocenters. The molecule has 1 saturated carbocycles. The summed E-state index contributed by atoms with van der Waals surface area (Å²) in [5.41, 5.74) is 5.40. The Bertz CT molecular complexity index is 250. The first-order valence-corrected chi connectivity index (χ1v) is 7.14. The van der Waals surface area contributed by atoms with Crippen LogP contribution in [0, 0.1) is 5.92 Å². The van der Waals surface area contributed by atoms with Gasteiger partial charge >= 0.3 is 0 Å². The van der Waals surface area contributed by atoms with E-state index in [1.165, 1.54) is 25.7 Å². The molecule has 3 N–H and O–H groups in total. The second-order valence-electron chi connectivity index (χ2n) is 4.96. The number of nitrogens with two attached hydrogens (primary N) is 1. The van der Waals surface area contributed by atoms with Crippen molar-refractivity contribution in [3.05, 3.63) is 0 Å². The van der Waals surface area contributed by atoms with E-state index < -0.39 is 0 Å². The molecule has 1 rings (SSSR count). The van der Waals surface area contributed by atoms with Crippen molar-refractivity contribution in [2.45, 2.75) is 57.8 Å². The lowest BCUT2D eigenvalue weighted by molar-refractivity contribution is -0.121. The van der Waals surface area contributed by atoms with Crippen LogP contribution >= 0.6 is 12.2 Å². The van der Waals surface area contributed by atoms with Gasteiger partial charge in [-0.1, -0.05) is 37.9 Å². The summed E-state index contributed by atoms with van der Waals surface area (Å²) in [4.78, 5) is 12.1. The molecule has 0 spiro atoms. The monoisotopic (exact) mass is 256 g/mol. The van der Waals surface area contributed by atoms with Crippen molar-refractivity contribution in [3.8, 4) is 0 Å². The highest BCUT2D eigenvalue weighted by Crippen LogP contribution is 2.28. The highest BCUT2D eigenvalue weighted by molar-refractivity contribution is 7.80. The Morgan fingerprint density at radius 2 is 1.94 bits per heavy atom. The maximum Gasteiger partial charge on any atom is 0.220 e. The minimum absolute atomic E-state index is 0.201. The molecule has 0 heterocycles. The number of nitrogens with one attached hydrogen (secondary N) is 1. The minimum Gasteiger partial charge on any atom is -0.393 e. The van der Waals surface area contributed by atoms with Gasteiger partial charge in [-0.05, 0) is 31.6 Å². The first-order valence-electron chi connectivity index (χ1n) is 6.73. The topological polar surface area (TPSA) is 55.1 Å². The van der Waals surface area contributed by atoms with E-state index in [4.69, 9.17) is 18.0 Å². The van der Waals surface area contributed by atoms with Crippen LogP contribution in [0.4, 0.5) is 0 Å². The Hall–Kier alpha value is -0.640. The summed E-state index contributed by atoms with van der Waals surface area (Å²) in [5.74, 6) is 1.00. The van der Waals surface area contributed by atoms with Crippen molar-refractivity contribution in [3.63, 3.8) is 0 Å². The zero-order valence-electron chi connectivity index (χ0n) is 10.5. The summed E-state index contributed by atoms with van der Waals surface area (Å²) in [6, 6.07) is 0. The van der Waals surface area contributed by atoms with Gasteiger partial charge in [-0.2, -0.15) is 0 Å². The van der Waals surface area contributed by atoms with Crippen LogP contribution in [0.3, 0.4) is 0 Å². The molecule has 0 atom stereocenters. The first-order chi connectivity index (χ1) is 8.18. The number of carbonyl (C=O) groups is 1. The molecular weight excluding hydrogens is 232 g/mol. The standard InChI is InChI=1S/C13H24N2OS/c14-12(17)7-3-4-10-15-13(16)9-8-11-5-1-2-6-11/h11H,1-10H2,(H2,14,17)(H,15,16). The van der Waals surface area contributed by atoms with Crippen molar-refractivity contribution < 1.29 is 4.79 Å². The summed E-state index contributed by atoms with van der Waals surface area (Å²) in [5, 5.41) is 2.96. The van der Waals surface area contributed by atoms with E-state index in [9.17, 15) is 4.79 Å². The van der Waals surface area contributed by atoms with Crippen molar-refractivity contribution in [2.75, 3.05) is 6.54 Å². The van der Waals surface area contributed by atoms with Crippen LogP contribution in [0.1, 0.15) is 57.8 Å². The number of hydrogen-bond acceptors (Lipinski definition) is 2. The van der Waals surface area contributed by atoms with Crippen molar-refractivity contribution >= 4 is 23.1 Å². The van der Waals surface area contributed by atoms with Gasteiger partial charge in [0.15, 0.2) is 0 Å². The molecule has 1 aliphatic carbocycles. The lowest BCUT2D eigenvalue weighted by Crippen LogP contribution is -2.24. The third-order valence-corrected chi connectivity index (χ3v) is 3.63. The first kappa shape index (κ1) is 14.4. The highest BCUT2D eigenvalue weighted by Gasteiger charge is 2.15. The minimum atomic E-state index is 0.201. The number of carbonyl (C=O) groups excluding carboxylic acids is 1. The van der Waals surface area contributed by atoms with Gasteiger partial charge in [0.2, 0.25) is 5.91 Å². The SMILES string of the molecule is NC(=S)CCCCNC(=O)CCC1CCCC1. The molecule has 0 radical (unpaired) electrons. The van der Waals surface area contributed by atoms with E-state index in [-0.39, 0.29) is 5.91 Å². The van der Waals surface area contributed by atoms with Crippen LogP contribution < -0.4 is 11.1 Å². The second-order valence-corrected chi connectivity index (χ2v) is 5.49. The van der Waals surface area contributed by atoms with Crippen LogP contribution in [0.25, 0.3) is 0 Å². The van der Waals surface area contributed by atoms with E-state index >= 15 is 0 Å². The Labute approximate surface area is 110 Å². The lowest BCUT2D eigenvalue weighted by Gasteiger charge is -2.08. The molecule has 0 aromatic rings. The van der Waals surface area contributed by atoms with Gasteiger partial charge < -0.3 is 11.1 Å². The molecule has 0 bridgehead atoms. The number of thiocarbonyl (C=S) groups is 1. The summed E-state index contributed by atoms with van der Waals surface area (Å²) in [6.07, 6.45) is 9.83. The maximum atomic E-state index is 11.5. The van der Waals surface area contributed by atoms with Gasteiger partial charge in [0.05, 0.1) is 4.99 Å². The van der Waals surface area contributed by atoms with Crippen LogP contribution in [0.15, 0.2) is 0 Å². The molecular formula is C13H24N2OS. The van der Waals surface area contributed by atoms with Crippen molar-refractivity contribution in [1.82, 2.24) is 5.32 Å². The number of unbranched alkanes of at least 4 members (excludes halogenated alkanes) is 1.